The Morgan fingerprint density at radius 2 is 2.22 bits per heavy atom. The summed E-state index contributed by atoms with van der Waals surface area (Å²) in [6, 6.07) is 1.13. The minimum atomic E-state index is -0.691. The van der Waals surface area contributed by atoms with Gasteiger partial charge in [-0.1, -0.05) is 6.92 Å². The fraction of sp³-hybridized carbons (Fsp3) is 0.929. The monoisotopic (exact) mass is 254 g/mol. The van der Waals surface area contributed by atoms with Crippen molar-refractivity contribution in [1.82, 2.24) is 10.2 Å². The fourth-order valence-electron chi connectivity index (χ4n) is 3.83. The highest BCUT2D eigenvalue weighted by Gasteiger charge is 2.44. The average molecular weight is 254 g/mol. The van der Waals surface area contributed by atoms with E-state index in [2.05, 4.69) is 17.1 Å². The fourth-order valence-corrected chi connectivity index (χ4v) is 3.83. The molecule has 2 N–H and O–H groups in total. The van der Waals surface area contributed by atoms with Gasteiger partial charge in [-0.3, -0.25) is 9.69 Å². The lowest BCUT2D eigenvalue weighted by Crippen LogP contribution is -2.57. The van der Waals surface area contributed by atoms with Crippen LogP contribution in [0, 0.1) is 0 Å². The molecule has 0 aromatic rings. The lowest BCUT2D eigenvalue weighted by atomic mass is 9.78. The number of hydrogen-bond donors (Lipinski definition) is 2. The molecule has 1 saturated heterocycles. The van der Waals surface area contributed by atoms with Gasteiger partial charge in [-0.25, -0.2) is 0 Å². The molecule has 0 aromatic heterocycles. The smallest absolute Gasteiger partial charge is 0.323 e. The second-order valence-electron chi connectivity index (χ2n) is 5.83. The number of carboxylic acid groups (broad SMARTS) is 1. The van der Waals surface area contributed by atoms with Crippen molar-refractivity contribution in [3.63, 3.8) is 0 Å². The molecule has 0 radical (unpaired) electrons. The normalized spacial score (nSPS) is 37.9. The van der Waals surface area contributed by atoms with E-state index in [0.717, 1.165) is 32.2 Å². The molecule has 3 atom stereocenters. The summed E-state index contributed by atoms with van der Waals surface area (Å²) in [6.07, 6.45) is 7.45. The second kappa shape index (κ2) is 5.57. The van der Waals surface area contributed by atoms with Crippen LogP contribution in [-0.2, 0) is 4.79 Å². The van der Waals surface area contributed by atoms with Gasteiger partial charge in [-0.2, -0.15) is 0 Å². The molecule has 2 rings (SSSR count). The van der Waals surface area contributed by atoms with Crippen LogP contribution in [0.2, 0.25) is 0 Å². The Balaban J connectivity index is 2.08. The number of likely N-dealkylation sites (N-methyl/N-ethyl adjacent to an activating group) is 1. The molecule has 1 heterocycles. The minimum Gasteiger partial charge on any atom is -0.480 e. The van der Waals surface area contributed by atoms with Crippen LogP contribution in [0.25, 0.3) is 0 Å². The molecule has 18 heavy (non-hydrogen) atoms. The van der Waals surface area contributed by atoms with E-state index in [1.54, 1.807) is 7.05 Å². The zero-order chi connectivity index (χ0) is 13.2. The van der Waals surface area contributed by atoms with Crippen LogP contribution in [0.3, 0.4) is 0 Å². The first-order valence-electron chi connectivity index (χ1n) is 7.31. The minimum absolute atomic E-state index is 0.453. The van der Waals surface area contributed by atoms with E-state index < -0.39 is 11.5 Å². The van der Waals surface area contributed by atoms with Gasteiger partial charge in [0, 0.05) is 12.1 Å². The van der Waals surface area contributed by atoms with Crippen LogP contribution in [0.4, 0.5) is 0 Å². The van der Waals surface area contributed by atoms with Crippen molar-refractivity contribution in [2.75, 3.05) is 13.6 Å². The molecule has 2 aliphatic rings. The first-order valence-corrected chi connectivity index (χ1v) is 7.31. The maximum atomic E-state index is 11.5. The van der Waals surface area contributed by atoms with Gasteiger partial charge in [0.2, 0.25) is 0 Å². The molecule has 1 saturated carbocycles. The Kier molecular flexibility index (Phi) is 4.28. The predicted molar refractivity (Wildman–Crippen MR) is 71.7 cm³/mol. The van der Waals surface area contributed by atoms with Gasteiger partial charge in [0.05, 0.1) is 0 Å². The van der Waals surface area contributed by atoms with E-state index in [1.165, 1.54) is 19.3 Å². The van der Waals surface area contributed by atoms with Gasteiger partial charge in [0.1, 0.15) is 5.54 Å². The number of nitrogens with zero attached hydrogens (tertiary/aromatic N) is 1. The van der Waals surface area contributed by atoms with Crippen molar-refractivity contribution in [2.24, 2.45) is 0 Å². The third-order valence-corrected chi connectivity index (χ3v) is 4.98. The van der Waals surface area contributed by atoms with Crippen molar-refractivity contribution >= 4 is 5.97 Å². The number of hydrogen-bond acceptors (Lipinski definition) is 3. The van der Waals surface area contributed by atoms with Crippen LogP contribution >= 0.6 is 0 Å². The summed E-state index contributed by atoms with van der Waals surface area (Å²) < 4.78 is 0. The Labute approximate surface area is 110 Å². The molecule has 0 aromatic carbocycles. The molecular formula is C14H26N2O2. The molecule has 2 fully saturated rings. The third-order valence-electron chi connectivity index (χ3n) is 4.98. The van der Waals surface area contributed by atoms with Gasteiger partial charge < -0.3 is 10.4 Å². The van der Waals surface area contributed by atoms with Crippen LogP contribution in [0.15, 0.2) is 0 Å². The molecule has 1 aliphatic heterocycles. The van der Waals surface area contributed by atoms with Crippen LogP contribution in [0.1, 0.15) is 51.9 Å². The SMILES string of the molecule is CCC1CCCN1C1CCCC(NC)(C(=O)O)C1. The summed E-state index contributed by atoms with van der Waals surface area (Å²) in [7, 11) is 1.79. The maximum absolute atomic E-state index is 11.5. The molecule has 104 valence electrons. The first kappa shape index (κ1) is 13.8. The summed E-state index contributed by atoms with van der Waals surface area (Å²) >= 11 is 0. The Hall–Kier alpha value is -0.610. The molecule has 4 nitrogen and oxygen atoms in total. The van der Waals surface area contributed by atoms with E-state index >= 15 is 0 Å². The number of rotatable bonds is 4. The van der Waals surface area contributed by atoms with Crippen LogP contribution < -0.4 is 5.32 Å². The topological polar surface area (TPSA) is 52.6 Å². The van der Waals surface area contributed by atoms with E-state index in [0.29, 0.717) is 12.1 Å². The Morgan fingerprint density at radius 3 is 2.83 bits per heavy atom. The largest absolute Gasteiger partial charge is 0.480 e. The van der Waals surface area contributed by atoms with Crippen molar-refractivity contribution in [1.29, 1.82) is 0 Å². The molecule has 0 bridgehead atoms. The standard InChI is InChI=1S/C14H26N2O2/c1-3-11-7-5-9-16(11)12-6-4-8-14(10-12,15-2)13(17)18/h11-12,15H,3-10H2,1-2H3,(H,17,18). The van der Waals surface area contributed by atoms with E-state index in [4.69, 9.17) is 0 Å². The summed E-state index contributed by atoms with van der Waals surface area (Å²) in [5.41, 5.74) is -0.691. The third kappa shape index (κ3) is 2.41. The Morgan fingerprint density at radius 1 is 1.44 bits per heavy atom. The number of likely N-dealkylation sites (tertiary alicyclic amines) is 1. The summed E-state index contributed by atoms with van der Waals surface area (Å²) in [5, 5.41) is 12.6. The number of carbonyl (C=O) groups is 1. The number of nitrogens with one attached hydrogen (secondary N) is 1. The average Bonchev–Trinajstić information content (AvgIpc) is 2.86. The first-order chi connectivity index (χ1) is 8.63. The number of carboxylic acids is 1. The molecule has 0 spiro atoms. The highest BCUT2D eigenvalue weighted by Crippen LogP contribution is 2.35. The van der Waals surface area contributed by atoms with E-state index in [9.17, 15) is 9.90 Å². The highest BCUT2D eigenvalue weighted by atomic mass is 16.4. The van der Waals surface area contributed by atoms with E-state index in [-0.39, 0.29) is 0 Å². The van der Waals surface area contributed by atoms with Crippen molar-refractivity contribution < 1.29 is 9.90 Å². The number of aliphatic carboxylic acids is 1. The van der Waals surface area contributed by atoms with Crippen LogP contribution in [-0.4, -0.2) is 47.2 Å². The second-order valence-corrected chi connectivity index (χ2v) is 5.83. The van der Waals surface area contributed by atoms with Gasteiger partial charge >= 0.3 is 5.97 Å². The van der Waals surface area contributed by atoms with Crippen molar-refractivity contribution in [2.45, 2.75) is 69.5 Å². The lowest BCUT2D eigenvalue weighted by Gasteiger charge is -2.43. The van der Waals surface area contributed by atoms with Gasteiger partial charge in [0.15, 0.2) is 0 Å². The Bertz CT molecular complexity index is 308. The summed E-state index contributed by atoms with van der Waals surface area (Å²) in [4.78, 5) is 14.1. The maximum Gasteiger partial charge on any atom is 0.323 e. The predicted octanol–water partition coefficient (Wildman–Crippen LogP) is 1.85. The van der Waals surface area contributed by atoms with Gasteiger partial charge in [-0.05, 0) is 58.5 Å². The summed E-state index contributed by atoms with van der Waals surface area (Å²) in [5.74, 6) is -0.679. The summed E-state index contributed by atoms with van der Waals surface area (Å²) in [6.45, 7) is 3.40. The van der Waals surface area contributed by atoms with Crippen molar-refractivity contribution in [3.8, 4) is 0 Å². The molecule has 4 heteroatoms. The molecular weight excluding hydrogens is 228 g/mol. The molecule has 1 aliphatic carbocycles. The van der Waals surface area contributed by atoms with E-state index in [1.807, 2.05) is 0 Å². The molecule has 3 unspecified atom stereocenters. The highest BCUT2D eigenvalue weighted by molar-refractivity contribution is 5.79. The lowest BCUT2D eigenvalue weighted by molar-refractivity contribution is -0.147. The molecule has 0 amide bonds. The quantitative estimate of drug-likeness (QED) is 0.804. The zero-order valence-electron chi connectivity index (χ0n) is 11.6. The van der Waals surface area contributed by atoms with Gasteiger partial charge in [0.25, 0.3) is 0 Å². The zero-order valence-corrected chi connectivity index (χ0v) is 11.6. The van der Waals surface area contributed by atoms with Gasteiger partial charge in [-0.15, -0.1) is 0 Å². The van der Waals surface area contributed by atoms with Crippen molar-refractivity contribution in [3.05, 3.63) is 0 Å². The van der Waals surface area contributed by atoms with Crippen LogP contribution in [0.5, 0.6) is 0 Å².